The van der Waals surface area contributed by atoms with Gasteiger partial charge in [-0.25, -0.2) is 8.78 Å². The number of pyridine rings is 1. The zero-order chi connectivity index (χ0) is 12.9. The minimum absolute atomic E-state index is 0.161. The molecule has 0 aromatic carbocycles. The molecule has 17 heavy (non-hydrogen) atoms. The van der Waals surface area contributed by atoms with Crippen molar-refractivity contribution in [3.05, 3.63) is 29.6 Å². The Hall–Kier alpha value is -1.60. The molecular formula is C10H13F2N3O2. The molecule has 1 aromatic rings. The lowest BCUT2D eigenvalue weighted by molar-refractivity contribution is -0.0462. The van der Waals surface area contributed by atoms with Crippen LogP contribution < -0.4 is 11.1 Å². The lowest BCUT2D eigenvalue weighted by atomic mass is 10.2. The highest BCUT2D eigenvalue weighted by Crippen LogP contribution is 2.10. The number of carbonyl (C=O) groups excluding carboxylic acids is 1. The van der Waals surface area contributed by atoms with E-state index < -0.39 is 25.0 Å². The number of rotatable bonds is 5. The van der Waals surface area contributed by atoms with E-state index in [1.807, 2.05) is 5.32 Å². The van der Waals surface area contributed by atoms with E-state index in [1.165, 1.54) is 18.3 Å². The van der Waals surface area contributed by atoms with Crippen molar-refractivity contribution >= 4 is 5.91 Å². The fourth-order valence-corrected chi connectivity index (χ4v) is 1.10. The summed E-state index contributed by atoms with van der Waals surface area (Å²) in [6, 6.07) is 2.82. The predicted octanol–water partition coefficient (Wildman–Crippen LogP) is -0.102. The molecule has 1 amide bonds. The van der Waals surface area contributed by atoms with Crippen molar-refractivity contribution in [2.45, 2.75) is 12.5 Å². The van der Waals surface area contributed by atoms with Crippen molar-refractivity contribution in [2.24, 2.45) is 5.73 Å². The number of amides is 1. The topological polar surface area (TPSA) is 88.2 Å². The second kappa shape index (κ2) is 5.65. The summed E-state index contributed by atoms with van der Waals surface area (Å²) < 4.78 is 25.4. The summed E-state index contributed by atoms with van der Waals surface area (Å²) in [5.41, 5.74) is 6.03. The van der Waals surface area contributed by atoms with Crippen LogP contribution in [0.1, 0.15) is 16.1 Å². The Morgan fingerprint density at radius 2 is 2.29 bits per heavy atom. The van der Waals surface area contributed by atoms with Gasteiger partial charge >= 0.3 is 0 Å². The van der Waals surface area contributed by atoms with E-state index in [-0.39, 0.29) is 12.1 Å². The minimum atomic E-state index is -3.32. The van der Waals surface area contributed by atoms with Crippen LogP contribution in [0.5, 0.6) is 0 Å². The Bertz CT molecular complexity index is 399. The van der Waals surface area contributed by atoms with Crippen LogP contribution in [0.2, 0.25) is 0 Å². The predicted molar refractivity (Wildman–Crippen MR) is 56.5 cm³/mol. The number of aliphatic hydroxyl groups is 1. The van der Waals surface area contributed by atoms with Gasteiger partial charge in [-0.1, -0.05) is 0 Å². The molecule has 7 heteroatoms. The molecule has 0 fully saturated rings. The molecule has 0 bridgehead atoms. The Morgan fingerprint density at radius 1 is 1.59 bits per heavy atom. The number of halogens is 2. The maximum absolute atomic E-state index is 12.7. The van der Waals surface area contributed by atoms with E-state index in [4.69, 9.17) is 10.8 Å². The van der Waals surface area contributed by atoms with Crippen LogP contribution in [0, 0.1) is 0 Å². The van der Waals surface area contributed by atoms with Crippen molar-refractivity contribution < 1.29 is 18.7 Å². The average molecular weight is 245 g/mol. The Morgan fingerprint density at radius 3 is 2.88 bits per heavy atom. The number of aromatic nitrogens is 1. The van der Waals surface area contributed by atoms with Gasteiger partial charge in [-0.3, -0.25) is 9.78 Å². The number of hydrogen-bond acceptors (Lipinski definition) is 4. The lowest BCUT2D eigenvalue weighted by Crippen LogP contribution is -2.39. The molecule has 0 radical (unpaired) electrons. The first kappa shape index (κ1) is 13.5. The van der Waals surface area contributed by atoms with Crippen LogP contribution in [0.3, 0.4) is 0 Å². The lowest BCUT2D eigenvalue weighted by Gasteiger charge is -2.13. The van der Waals surface area contributed by atoms with E-state index in [0.717, 1.165) is 0 Å². The van der Waals surface area contributed by atoms with Crippen molar-refractivity contribution in [2.75, 3.05) is 13.2 Å². The van der Waals surface area contributed by atoms with Gasteiger partial charge in [0.2, 0.25) is 0 Å². The highest BCUT2D eigenvalue weighted by atomic mass is 19.3. The molecule has 0 saturated heterocycles. The second-order valence-electron chi connectivity index (χ2n) is 3.44. The van der Waals surface area contributed by atoms with Crippen LogP contribution >= 0.6 is 0 Å². The summed E-state index contributed by atoms with van der Waals surface area (Å²) in [6.07, 6.45) is 1.38. The number of carbonyl (C=O) groups is 1. The molecule has 5 nitrogen and oxygen atoms in total. The molecule has 0 spiro atoms. The molecule has 0 aliphatic rings. The summed E-state index contributed by atoms with van der Waals surface area (Å²) in [5.74, 6) is -3.98. The van der Waals surface area contributed by atoms with Gasteiger partial charge in [-0.2, -0.15) is 0 Å². The molecule has 1 heterocycles. The Balaban J connectivity index is 2.64. The zero-order valence-corrected chi connectivity index (χ0v) is 8.99. The third-order valence-electron chi connectivity index (χ3n) is 2.03. The fourth-order valence-electron chi connectivity index (χ4n) is 1.10. The summed E-state index contributed by atoms with van der Waals surface area (Å²) in [5, 5.41) is 10.4. The molecule has 0 aliphatic heterocycles. The number of aliphatic hydroxyl groups excluding tert-OH is 1. The quantitative estimate of drug-likeness (QED) is 0.675. The standard InChI is InChI=1S/C10H13F2N3O2/c11-10(12,6-16)5-15-9(17)7-1-2-14-8(3-7)4-13/h1-3,16H,4-6,13H2,(H,15,17). The zero-order valence-electron chi connectivity index (χ0n) is 8.99. The van der Waals surface area contributed by atoms with Crippen LogP contribution in [-0.2, 0) is 6.54 Å². The van der Waals surface area contributed by atoms with Crippen molar-refractivity contribution in [1.82, 2.24) is 10.3 Å². The molecule has 0 unspecified atom stereocenters. The van der Waals surface area contributed by atoms with Gasteiger partial charge in [-0.05, 0) is 12.1 Å². The molecule has 1 aromatic heterocycles. The summed E-state index contributed by atoms with van der Waals surface area (Å²) in [6.45, 7) is -2.06. The van der Waals surface area contributed by atoms with E-state index in [0.29, 0.717) is 5.69 Å². The first-order chi connectivity index (χ1) is 7.98. The smallest absolute Gasteiger partial charge is 0.287 e. The summed E-state index contributed by atoms with van der Waals surface area (Å²) >= 11 is 0. The third-order valence-corrected chi connectivity index (χ3v) is 2.03. The monoisotopic (exact) mass is 245 g/mol. The number of nitrogens with two attached hydrogens (primary N) is 1. The maximum Gasteiger partial charge on any atom is 0.287 e. The highest BCUT2D eigenvalue weighted by molar-refractivity contribution is 5.94. The number of hydrogen-bond donors (Lipinski definition) is 3. The van der Waals surface area contributed by atoms with Gasteiger partial charge in [0.05, 0.1) is 12.2 Å². The van der Waals surface area contributed by atoms with Gasteiger partial charge in [0.15, 0.2) is 0 Å². The van der Waals surface area contributed by atoms with Gasteiger partial charge in [0.1, 0.15) is 6.61 Å². The van der Waals surface area contributed by atoms with E-state index >= 15 is 0 Å². The molecule has 4 N–H and O–H groups in total. The normalized spacial score (nSPS) is 11.3. The van der Waals surface area contributed by atoms with E-state index in [1.54, 1.807) is 0 Å². The minimum Gasteiger partial charge on any atom is -0.390 e. The molecule has 94 valence electrons. The van der Waals surface area contributed by atoms with Gasteiger partial charge in [-0.15, -0.1) is 0 Å². The molecular weight excluding hydrogens is 232 g/mol. The molecule has 0 aliphatic carbocycles. The van der Waals surface area contributed by atoms with Crippen LogP contribution in [-0.4, -0.2) is 35.1 Å². The molecule has 1 rings (SSSR count). The van der Waals surface area contributed by atoms with Crippen molar-refractivity contribution in [3.8, 4) is 0 Å². The summed E-state index contributed by atoms with van der Waals surface area (Å²) in [4.78, 5) is 15.4. The van der Waals surface area contributed by atoms with Gasteiger partial charge < -0.3 is 16.2 Å². The molecule has 0 saturated carbocycles. The molecule has 0 atom stereocenters. The second-order valence-corrected chi connectivity index (χ2v) is 3.44. The first-order valence-electron chi connectivity index (χ1n) is 4.90. The number of nitrogens with zero attached hydrogens (tertiary/aromatic N) is 1. The third kappa shape index (κ3) is 4.04. The number of alkyl halides is 2. The fraction of sp³-hybridized carbons (Fsp3) is 0.400. The summed E-state index contributed by atoms with van der Waals surface area (Å²) in [7, 11) is 0. The van der Waals surface area contributed by atoms with Crippen molar-refractivity contribution in [1.29, 1.82) is 0 Å². The maximum atomic E-state index is 12.7. The van der Waals surface area contributed by atoms with Crippen LogP contribution in [0.15, 0.2) is 18.3 Å². The van der Waals surface area contributed by atoms with E-state index in [2.05, 4.69) is 4.98 Å². The SMILES string of the molecule is NCc1cc(C(=O)NCC(F)(F)CO)ccn1. The van der Waals surface area contributed by atoms with Gasteiger partial charge in [0, 0.05) is 18.3 Å². The Kier molecular flexibility index (Phi) is 4.47. The Labute approximate surface area is 96.7 Å². The van der Waals surface area contributed by atoms with Crippen LogP contribution in [0.25, 0.3) is 0 Å². The number of nitrogens with one attached hydrogen (secondary N) is 1. The van der Waals surface area contributed by atoms with Crippen molar-refractivity contribution in [3.63, 3.8) is 0 Å². The highest BCUT2D eigenvalue weighted by Gasteiger charge is 2.28. The first-order valence-corrected chi connectivity index (χ1v) is 4.90. The van der Waals surface area contributed by atoms with E-state index in [9.17, 15) is 13.6 Å². The largest absolute Gasteiger partial charge is 0.390 e. The van der Waals surface area contributed by atoms with Gasteiger partial charge in [0.25, 0.3) is 11.8 Å². The average Bonchev–Trinajstić information content (AvgIpc) is 2.36. The van der Waals surface area contributed by atoms with Crippen LogP contribution in [0.4, 0.5) is 8.78 Å².